The van der Waals surface area contributed by atoms with Crippen LogP contribution in [0.3, 0.4) is 0 Å². The zero-order chi connectivity index (χ0) is 11.3. The molecule has 2 aliphatic rings. The van der Waals surface area contributed by atoms with Gasteiger partial charge in [0.1, 0.15) is 0 Å². The average molecular weight is 215 g/mol. The molecule has 1 aromatic carbocycles. The highest BCUT2D eigenvalue weighted by Gasteiger charge is 2.36. The first-order valence-corrected chi connectivity index (χ1v) is 6.46. The van der Waals surface area contributed by atoms with Crippen LogP contribution in [-0.4, -0.2) is 12.6 Å². The number of hydrogen-bond acceptors (Lipinski definition) is 1. The maximum absolute atomic E-state index is 2.66. The summed E-state index contributed by atoms with van der Waals surface area (Å²) in [4.78, 5) is 2.66. The van der Waals surface area contributed by atoms with Crippen LogP contribution in [0.1, 0.15) is 44.7 Å². The predicted molar refractivity (Wildman–Crippen MR) is 69.2 cm³/mol. The molecular formula is C15H21N. The molecule has 1 heterocycles. The van der Waals surface area contributed by atoms with Gasteiger partial charge in [0.25, 0.3) is 0 Å². The Hall–Kier alpha value is -0.980. The second-order valence-electron chi connectivity index (χ2n) is 6.24. The first-order valence-electron chi connectivity index (χ1n) is 6.46. The van der Waals surface area contributed by atoms with Crippen LogP contribution in [0.25, 0.3) is 0 Å². The van der Waals surface area contributed by atoms with Crippen molar-refractivity contribution in [2.75, 3.05) is 11.4 Å². The highest BCUT2D eigenvalue weighted by molar-refractivity contribution is 5.66. The molecule has 0 amide bonds. The van der Waals surface area contributed by atoms with Gasteiger partial charge in [0.2, 0.25) is 0 Å². The smallest absolute Gasteiger partial charge is 0.0439 e. The summed E-state index contributed by atoms with van der Waals surface area (Å²) in [6.07, 6.45) is 4.05. The molecule has 1 aliphatic carbocycles. The molecule has 1 aliphatic heterocycles. The van der Waals surface area contributed by atoms with Gasteiger partial charge in [0.05, 0.1) is 0 Å². The number of fused-ring (bicyclic) bond motifs is 1. The van der Waals surface area contributed by atoms with E-state index >= 15 is 0 Å². The van der Waals surface area contributed by atoms with Crippen LogP contribution in [0.5, 0.6) is 0 Å². The van der Waals surface area contributed by atoms with E-state index in [9.17, 15) is 0 Å². The van der Waals surface area contributed by atoms with Crippen molar-refractivity contribution in [3.63, 3.8) is 0 Å². The molecule has 0 saturated heterocycles. The van der Waals surface area contributed by atoms with Crippen LogP contribution in [0.2, 0.25) is 0 Å². The topological polar surface area (TPSA) is 3.24 Å². The first kappa shape index (κ1) is 10.2. The number of rotatable bonds is 1. The SMILES string of the molecule is CC(C)(C)c1cccc2c1N(C1CC1)CC2. The quantitative estimate of drug-likeness (QED) is 0.693. The van der Waals surface area contributed by atoms with Gasteiger partial charge < -0.3 is 4.90 Å². The Morgan fingerprint density at radius 1 is 1.19 bits per heavy atom. The third kappa shape index (κ3) is 1.53. The van der Waals surface area contributed by atoms with Crippen molar-refractivity contribution in [3.05, 3.63) is 29.3 Å². The van der Waals surface area contributed by atoms with Gasteiger partial charge in [0.15, 0.2) is 0 Å². The zero-order valence-corrected chi connectivity index (χ0v) is 10.6. The summed E-state index contributed by atoms with van der Waals surface area (Å²) in [5.41, 5.74) is 4.94. The molecule has 16 heavy (non-hydrogen) atoms. The first-order chi connectivity index (χ1) is 7.57. The van der Waals surface area contributed by atoms with Crippen LogP contribution < -0.4 is 4.90 Å². The predicted octanol–water partition coefficient (Wildman–Crippen LogP) is 3.51. The zero-order valence-electron chi connectivity index (χ0n) is 10.6. The Kier molecular flexibility index (Phi) is 2.07. The van der Waals surface area contributed by atoms with Crippen molar-refractivity contribution >= 4 is 5.69 Å². The molecule has 0 atom stereocenters. The van der Waals surface area contributed by atoms with E-state index in [0.29, 0.717) is 0 Å². The fourth-order valence-corrected chi connectivity index (χ4v) is 2.84. The highest BCUT2D eigenvalue weighted by atomic mass is 15.2. The number of hydrogen-bond donors (Lipinski definition) is 0. The minimum absolute atomic E-state index is 0.267. The molecular weight excluding hydrogens is 194 g/mol. The standard InChI is InChI=1S/C15H21N/c1-15(2,3)13-6-4-5-11-9-10-16(14(11)13)12-7-8-12/h4-6,12H,7-10H2,1-3H3. The minimum Gasteiger partial charge on any atom is -0.368 e. The summed E-state index contributed by atoms with van der Waals surface area (Å²) in [7, 11) is 0. The molecule has 1 saturated carbocycles. The normalized spacial score (nSPS) is 20.1. The lowest BCUT2D eigenvalue weighted by Crippen LogP contribution is -2.26. The van der Waals surface area contributed by atoms with E-state index in [2.05, 4.69) is 43.9 Å². The van der Waals surface area contributed by atoms with Gasteiger partial charge in [0, 0.05) is 18.3 Å². The van der Waals surface area contributed by atoms with Gasteiger partial charge in [-0.15, -0.1) is 0 Å². The van der Waals surface area contributed by atoms with Crippen LogP contribution in [0.15, 0.2) is 18.2 Å². The molecule has 0 radical (unpaired) electrons. The third-order valence-corrected chi connectivity index (χ3v) is 3.82. The fourth-order valence-electron chi connectivity index (χ4n) is 2.84. The molecule has 1 heteroatoms. The number of anilines is 1. The lowest BCUT2D eigenvalue weighted by Gasteiger charge is -2.28. The largest absolute Gasteiger partial charge is 0.368 e. The molecule has 3 rings (SSSR count). The van der Waals surface area contributed by atoms with E-state index in [1.807, 2.05) is 0 Å². The Morgan fingerprint density at radius 2 is 1.94 bits per heavy atom. The second kappa shape index (κ2) is 3.26. The van der Waals surface area contributed by atoms with Crippen molar-refractivity contribution in [3.8, 4) is 0 Å². The summed E-state index contributed by atoms with van der Waals surface area (Å²) >= 11 is 0. The molecule has 1 aromatic rings. The molecule has 0 spiro atoms. The fraction of sp³-hybridized carbons (Fsp3) is 0.600. The number of benzene rings is 1. The van der Waals surface area contributed by atoms with Crippen molar-refractivity contribution < 1.29 is 0 Å². The Bertz CT molecular complexity index is 410. The summed E-state index contributed by atoms with van der Waals surface area (Å²) in [5, 5.41) is 0. The van der Waals surface area contributed by atoms with Gasteiger partial charge >= 0.3 is 0 Å². The Labute approximate surface area is 98.5 Å². The van der Waals surface area contributed by atoms with Crippen LogP contribution in [-0.2, 0) is 11.8 Å². The molecule has 1 fully saturated rings. The molecule has 86 valence electrons. The lowest BCUT2D eigenvalue weighted by molar-refractivity contribution is 0.588. The molecule has 0 N–H and O–H groups in total. The van der Waals surface area contributed by atoms with E-state index in [4.69, 9.17) is 0 Å². The van der Waals surface area contributed by atoms with E-state index in [-0.39, 0.29) is 5.41 Å². The van der Waals surface area contributed by atoms with Gasteiger partial charge in [-0.25, -0.2) is 0 Å². The van der Waals surface area contributed by atoms with Crippen molar-refractivity contribution in [2.24, 2.45) is 0 Å². The molecule has 0 aromatic heterocycles. The van der Waals surface area contributed by atoms with Crippen LogP contribution in [0, 0.1) is 0 Å². The molecule has 1 nitrogen and oxygen atoms in total. The van der Waals surface area contributed by atoms with Crippen molar-refractivity contribution in [1.82, 2.24) is 0 Å². The molecule has 0 unspecified atom stereocenters. The second-order valence-corrected chi connectivity index (χ2v) is 6.24. The number of para-hydroxylation sites is 1. The third-order valence-electron chi connectivity index (χ3n) is 3.82. The van der Waals surface area contributed by atoms with Crippen molar-refractivity contribution in [1.29, 1.82) is 0 Å². The Balaban J connectivity index is 2.10. The van der Waals surface area contributed by atoms with Gasteiger partial charge in [-0.1, -0.05) is 39.0 Å². The monoisotopic (exact) mass is 215 g/mol. The summed E-state index contributed by atoms with van der Waals surface area (Å²) < 4.78 is 0. The van der Waals surface area contributed by atoms with E-state index in [1.165, 1.54) is 31.4 Å². The summed E-state index contributed by atoms with van der Waals surface area (Å²) in [6.45, 7) is 8.22. The van der Waals surface area contributed by atoms with Crippen LogP contribution >= 0.6 is 0 Å². The maximum atomic E-state index is 2.66. The molecule has 0 bridgehead atoms. The minimum atomic E-state index is 0.267. The number of nitrogens with zero attached hydrogens (tertiary/aromatic N) is 1. The van der Waals surface area contributed by atoms with Gasteiger partial charge in [-0.05, 0) is 35.8 Å². The lowest BCUT2D eigenvalue weighted by atomic mass is 9.84. The Morgan fingerprint density at radius 3 is 2.56 bits per heavy atom. The van der Waals surface area contributed by atoms with Gasteiger partial charge in [-0.2, -0.15) is 0 Å². The van der Waals surface area contributed by atoms with E-state index in [0.717, 1.165) is 6.04 Å². The van der Waals surface area contributed by atoms with E-state index < -0.39 is 0 Å². The maximum Gasteiger partial charge on any atom is 0.0439 e. The van der Waals surface area contributed by atoms with Crippen LogP contribution in [0.4, 0.5) is 5.69 Å². The van der Waals surface area contributed by atoms with Gasteiger partial charge in [-0.3, -0.25) is 0 Å². The highest BCUT2D eigenvalue weighted by Crippen LogP contribution is 2.43. The summed E-state index contributed by atoms with van der Waals surface area (Å²) in [6, 6.07) is 7.72. The average Bonchev–Trinajstić information content (AvgIpc) is 2.96. The van der Waals surface area contributed by atoms with Crippen molar-refractivity contribution in [2.45, 2.75) is 51.5 Å². The summed E-state index contributed by atoms with van der Waals surface area (Å²) in [5.74, 6) is 0. The van der Waals surface area contributed by atoms with E-state index in [1.54, 1.807) is 11.3 Å².